The van der Waals surface area contributed by atoms with Crippen molar-refractivity contribution in [2.45, 2.75) is 6.10 Å². The van der Waals surface area contributed by atoms with Gasteiger partial charge >= 0.3 is 6.09 Å². The Bertz CT molecular complexity index is 382. The average molecular weight is 260 g/mol. The van der Waals surface area contributed by atoms with Gasteiger partial charge in [-0.1, -0.05) is 30.3 Å². The maximum absolute atomic E-state index is 11.4. The van der Waals surface area contributed by atoms with E-state index in [0.29, 0.717) is 10.7 Å². The van der Waals surface area contributed by atoms with Crippen LogP contribution in [0.1, 0.15) is 0 Å². The zero-order valence-electron chi connectivity index (χ0n) is 8.45. The van der Waals surface area contributed by atoms with Crippen LogP contribution < -0.4 is 5.32 Å². The lowest BCUT2D eigenvalue weighted by Gasteiger charge is -2.11. The number of carbonyl (C=O) groups excluding carboxylic acids is 1. The monoisotopic (exact) mass is 259 g/mol. The minimum Gasteiger partial charge on any atom is -0.440 e. The lowest BCUT2D eigenvalue weighted by molar-refractivity contribution is 0.143. The van der Waals surface area contributed by atoms with Crippen LogP contribution in [0.3, 0.4) is 0 Å². The van der Waals surface area contributed by atoms with E-state index in [9.17, 15) is 4.79 Å². The molecule has 0 aliphatic heterocycles. The zero-order chi connectivity index (χ0) is 12.0. The SMILES string of the molecule is C=C[C@@H](CCl)OC(=O)Nc1cccc(Cl)c1. The molecule has 0 heterocycles. The number of halogens is 2. The highest BCUT2D eigenvalue weighted by Gasteiger charge is 2.09. The van der Waals surface area contributed by atoms with E-state index < -0.39 is 12.2 Å². The van der Waals surface area contributed by atoms with Crippen LogP contribution in [-0.4, -0.2) is 18.1 Å². The van der Waals surface area contributed by atoms with Crippen molar-refractivity contribution in [3.63, 3.8) is 0 Å². The Morgan fingerprint density at radius 3 is 2.94 bits per heavy atom. The van der Waals surface area contributed by atoms with Gasteiger partial charge in [0, 0.05) is 10.7 Å². The second-order valence-electron chi connectivity index (χ2n) is 2.97. The van der Waals surface area contributed by atoms with E-state index in [2.05, 4.69) is 11.9 Å². The Hall–Kier alpha value is -1.19. The topological polar surface area (TPSA) is 38.3 Å². The van der Waals surface area contributed by atoms with Crippen molar-refractivity contribution in [2.75, 3.05) is 11.2 Å². The molecule has 0 aliphatic rings. The van der Waals surface area contributed by atoms with Crippen molar-refractivity contribution in [1.29, 1.82) is 0 Å². The molecule has 0 aliphatic carbocycles. The number of anilines is 1. The first-order chi connectivity index (χ1) is 7.65. The van der Waals surface area contributed by atoms with Crippen LogP contribution in [0.4, 0.5) is 10.5 Å². The van der Waals surface area contributed by atoms with Crippen molar-refractivity contribution in [3.05, 3.63) is 41.9 Å². The maximum atomic E-state index is 11.4. The molecule has 1 rings (SSSR count). The fourth-order valence-corrected chi connectivity index (χ4v) is 1.37. The van der Waals surface area contributed by atoms with Gasteiger partial charge in [-0.05, 0) is 18.2 Å². The van der Waals surface area contributed by atoms with Gasteiger partial charge in [0.25, 0.3) is 0 Å². The quantitative estimate of drug-likeness (QED) is 0.662. The van der Waals surface area contributed by atoms with E-state index >= 15 is 0 Å². The summed E-state index contributed by atoms with van der Waals surface area (Å²) in [6.07, 6.45) is 0.374. The van der Waals surface area contributed by atoms with Crippen molar-refractivity contribution in [1.82, 2.24) is 0 Å². The molecule has 0 fully saturated rings. The summed E-state index contributed by atoms with van der Waals surface area (Å²) in [5, 5.41) is 3.07. The average Bonchev–Trinajstić information content (AvgIpc) is 2.26. The Morgan fingerprint density at radius 1 is 1.62 bits per heavy atom. The van der Waals surface area contributed by atoms with Gasteiger partial charge in [-0.15, -0.1) is 11.6 Å². The molecule has 0 aromatic heterocycles. The van der Waals surface area contributed by atoms with Crippen LogP contribution in [-0.2, 0) is 4.74 Å². The molecule has 86 valence electrons. The van der Waals surface area contributed by atoms with Gasteiger partial charge in [-0.3, -0.25) is 5.32 Å². The molecule has 1 amide bonds. The first-order valence-corrected chi connectivity index (χ1v) is 5.48. The second kappa shape index (κ2) is 6.40. The van der Waals surface area contributed by atoms with Gasteiger partial charge in [-0.25, -0.2) is 4.79 Å². The molecule has 0 radical (unpaired) electrons. The Kier molecular flexibility index (Phi) is 5.15. The van der Waals surface area contributed by atoms with E-state index in [1.54, 1.807) is 24.3 Å². The molecular formula is C11H11Cl2NO2. The van der Waals surface area contributed by atoms with Gasteiger partial charge in [-0.2, -0.15) is 0 Å². The standard InChI is InChI=1S/C11H11Cl2NO2/c1-2-10(7-12)16-11(15)14-9-5-3-4-8(13)6-9/h2-6,10H,1,7H2,(H,14,15)/t10-/m0/s1. The number of benzene rings is 1. The van der Waals surface area contributed by atoms with Crippen LogP contribution in [0.2, 0.25) is 5.02 Å². The van der Waals surface area contributed by atoms with Crippen molar-refractivity contribution in [3.8, 4) is 0 Å². The van der Waals surface area contributed by atoms with E-state index in [1.807, 2.05) is 0 Å². The molecular weight excluding hydrogens is 249 g/mol. The third-order valence-electron chi connectivity index (χ3n) is 1.74. The summed E-state index contributed by atoms with van der Waals surface area (Å²) in [5.41, 5.74) is 0.565. The van der Waals surface area contributed by atoms with Crippen molar-refractivity contribution >= 4 is 35.0 Å². The molecule has 3 nitrogen and oxygen atoms in total. The zero-order valence-corrected chi connectivity index (χ0v) is 9.96. The van der Waals surface area contributed by atoms with Crippen LogP contribution in [0.15, 0.2) is 36.9 Å². The minimum atomic E-state index is -0.590. The van der Waals surface area contributed by atoms with Crippen molar-refractivity contribution < 1.29 is 9.53 Å². The van der Waals surface area contributed by atoms with Crippen LogP contribution in [0, 0.1) is 0 Å². The smallest absolute Gasteiger partial charge is 0.412 e. The summed E-state index contributed by atoms with van der Waals surface area (Å²) in [4.78, 5) is 11.4. The number of nitrogens with one attached hydrogen (secondary N) is 1. The first-order valence-electron chi connectivity index (χ1n) is 4.57. The number of carbonyl (C=O) groups is 1. The minimum absolute atomic E-state index is 0.173. The summed E-state index contributed by atoms with van der Waals surface area (Å²) in [6, 6.07) is 6.76. The Morgan fingerprint density at radius 2 is 2.38 bits per heavy atom. The third-order valence-corrected chi connectivity index (χ3v) is 2.28. The fourth-order valence-electron chi connectivity index (χ4n) is 0.994. The van der Waals surface area contributed by atoms with Crippen LogP contribution in [0.5, 0.6) is 0 Å². The highest BCUT2D eigenvalue weighted by Crippen LogP contribution is 2.15. The van der Waals surface area contributed by atoms with Crippen LogP contribution in [0.25, 0.3) is 0 Å². The third kappa shape index (κ3) is 4.13. The lowest BCUT2D eigenvalue weighted by atomic mass is 10.3. The van der Waals surface area contributed by atoms with E-state index in [-0.39, 0.29) is 5.88 Å². The molecule has 1 aromatic carbocycles. The molecule has 0 saturated carbocycles. The Balaban J connectivity index is 2.54. The summed E-state index contributed by atoms with van der Waals surface area (Å²) in [7, 11) is 0. The maximum Gasteiger partial charge on any atom is 0.412 e. The first kappa shape index (κ1) is 12.9. The highest BCUT2D eigenvalue weighted by molar-refractivity contribution is 6.30. The molecule has 1 N–H and O–H groups in total. The molecule has 0 saturated heterocycles. The molecule has 0 spiro atoms. The molecule has 1 atom stereocenters. The van der Waals surface area contributed by atoms with Gasteiger partial charge in [0.15, 0.2) is 0 Å². The number of hydrogen-bond donors (Lipinski definition) is 1. The van der Waals surface area contributed by atoms with Gasteiger partial charge in [0.1, 0.15) is 6.10 Å². The molecule has 0 bridgehead atoms. The molecule has 16 heavy (non-hydrogen) atoms. The van der Waals surface area contributed by atoms with Crippen LogP contribution >= 0.6 is 23.2 Å². The second-order valence-corrected chi connectivity index (χ2v) is 3.71. The van der Waals surface area contributed by atoms with Gasteiger partial charge in [0.2, 0.25) is 0 Å². The molecule has 0 unspecified atom stereocenters. The lowest BCUT2D eigenvalue weighted by Crippen LogP contribution is -2.21. The highest BCUT2D eigenvalue weighted by atomic mass is 35.5. The van der Waals surface area contributed by atoms with Crippen molar-refractivity contribution in [2.24, 2.45) is 0 Å². The van der Waals surface area contributed by atoms with E-state index in [0.717, 1.165) is 0 Å². The predicted molar refractivity (Wildman–Crippen MR) is 66.3 cm³/mol. The van der Waals surface area contributed by atoms with Gasteiger partial charge in [0.05, 0.1) is 5.88 Å². The fraction of sp³-hybridized carbons (Fsp3) is 0.182. The largest absolute Gasteiger partial charge is 0.440 e. The number of amides is 1. The van der Waals surface area contributed by atoms with Gasteiger partial charge < -0.3 is 4.74 Å². The predicted octanol–water partition coefficient (Wildman–Crippen LogP) is 3.68. The summed E-state index contributed by atoms with van der Waals surface area (Å²) in [5.74, 6) is 0.173. The van der Waals surface area contributed by atoms with E-state index in [1.165, 1.54) is 6.08 Å². The Labute approximate surface area is 104 Å². The summed E-state index contributed by atoms with van der Waals surface area (Å²) >= 11 is 11.3. The number of hydrogen-bond acceptors (Lipinski definition) is 2. The normalized spacial score (nSPS) is 11.6. The summed E-state index contributed by atoms with van der Waals surface area (Å²) in [6.45, 7) is 3.50. The molecule has 1 aromatic rings. The number of rotatable bonds is 4. The molecule has 5 heteroatoms. The number of alkyl halides is 1. The summed E-state index contributed by atoms with van der Waals surface area (Å²) < 4.78 is 4.95. The number of ether oxygens (including phenoxy) is 1. The van der Waals surface area contributed by atoms with E-state index in [4.69, 9.17) is 27.9 Å².